The molecule has 2 rings (SSSR count). The van der Waals surface area contributed by atoms with Crippen LogP contribution in [0.5, 0.6) is 0 Å². The molecule has 1 aromatic rings. The van der Waals surface area contributed by atoms with Crippen LogP contribution in [0.25, 0.3) is 0 Å². The standard InChI is InChI=1S/C15H24N4S/c1-4-20-13-7-5-6-12(14(13)15(16)17)19-9-8-18(3)10-11(19)2/h5-7,11H,4,8-10H2,1-3H3,(H3,16,17). The summed E-state index contributed by atoms with van der Waals surface area (Å²) in [5.74, 6) is 1.16. The van der Waals surface area contributed by atoms with Crippen LogP contribution < -0.4 is 10.6 Å². The van der Waals surface area contributed by atoms with Crippen LogP contribution in [-0.4, -0.2) is 49.2 Å². The highest BCUT2D eigenvalue weighted by Gasteiger charge is 2.25. The maximum absolute atomic E-state index is 7.95. The van der Waals surface area contributed by atoms with Crippen molar-refractivity contribution in [2.45, 2.75) is 24.8 Å². The number of likely N-dealkylation sites (N-methyl/N-ethyl adjacent to an activating group) is 1. The number of nitrogens with one attached hydrogen (secondary N) is 1. The summed E-state index contributed by atoms with van der Waals surface area (Å²) < 4.78 is 0. The molecule has 20 heavy (non-hydrogen) atoms. The second-order valence-corrected chi connectivity index (χ2v) is 6.61. The smallest absolute Gasteiger partial charge is 0.126 e. The number of hydrogen-bond donors (Lipinski definition) is 2. The predicted molar refractivity (Wildman–Crippen MR) is 88.2 cm³/mol. The van der Waals surface area contributed by atoms with Gasteiger partial charge in [0, 0.05) is 36.3 Å². The zero-order valence-corrected chi connectivity index (χ0v) is 13.3. The Morgan fingerprint density at radius 1 is 1.45 bits per heavy atom. The minimum Gasteiger partial charge on any atom is -0.384 e. The molecule has 1 aromatic carbocycles. The summed E-state index contributed by atoms with van der Waals surface area (Å²) in [7, 11) is 2.16. The van der Waals surface area contributed by atoms with Gasteiger partial charge in [0.15, 0.2) is 0 Å². The molecule has 0 saturated carbocycles. The van der Waals surface area contributed by atoms with Crippen LogP contribution in [0.2, 0.25) is 0 Å². The summed E-state index contributed by atoms with van der Waals surface area (Å²) in [6.45, 7) is 7.44. The number of rotatable bonds is 4. The number of hydrogen-bond acceptors (Lipinski definition) is 4. The Kier molecular flexibility index (Phi) is 4.94. The van der Waals surface area contributed by atoms with Crippen LogP contribution in [0.15, 0.2) is 23.1 Å². The quantitative estimate of drug-likeness (QED) is 0.507. The molecule has 1 saturated heterocycles. The Balaban J connectivity index is 2.40. The molecule has 1 fully saturated rings. The first-order valence-corrected chi connectivity index (χ1v) is 8.08. The van der Waals surface area contributed by atoms with E-state index >= 15 is 0 Å². The summed E-state index contributed by atoms with van der Waals surface area (Å²) in [6.07, 6.45) is 0. The van der Waals surface area contributed by atoms with E-state index in [0.29, 0.717) is 6.04 Å². The van der Waals surface area contributed by atoms with Gasteiger partial charge in [-0.25, -0.2) is 0 Å². The van der Waals surface area contributed by atoms with Crippen LogP contribution >= 0.6 is 11.8 Å². The second-order valence-electron chi connectivity index (χ2n) is 5.30. The van der Waals surface area contributed by atoms with E-state index in [2.05, 4.69) is 48.9 Å². The summed E-state index contributed by atoms with van der Waals surface area (Å²) in [5, 5.41) is 7.95. The summed E-state index contributed by atoms with van der Waals surface area (Å²) in [4.78, 5) is 5.85. The molecule has 4 nitrogen and oxygen atoms in total. The lowest BCUT2D eigenvalue weighted by molar-refractivity contribution is 0.275. The minimum absolute atomic E-state index is 0.169. The number of nitrogen functional groups attached to an aromatic ring is 1. The minimum atomic E-state index is 0.169. The van der Waals surface area contributed by atoms with Crippen molar-refractivity contribution in [1.29, 1.82) is 5.41 Å². The Morgan fingerprint density at radius 3 is 2.80 bits per heavy atom. The monoisotopic (exact) mass is 292 g/mol. The van der Waals surface area contributed by atoms with E-state index in [9.17, 15) is 0 Å². The van der Waals surface area contributed by atoms with Gasteiger partial charge in [-0.1, -0.05) is 13.0 Å². The average Bonchev–Trinajstić information content (AvgIpc) is 2.38. The lowest BCUT2D eigenvalue weighted by Crippen LogP contribution is -2.51. The fourth-order valence-corrected chi connectivity index (χ4v) is 3.65. The Labute approximate surface area is 125 Å². The van der Waals surface area contributed by atoms with Crippen molar-refractivity contribution in [1.82, 2.24) is 4.90 Å². The van der Waals surface area contributed by atoms with Gasteiger partial charge in [0.25, 0.3) is 0 Å². The van der Waals surface area contributed by atoms with Crippen molar-refractivity contribution in [3.05, 3.63) is 23.8 Å². The van der Waals surface area contributed by atoms with Gasteiger partial charge in [-0.3, -0.25) is 5.41 Å². The molecule has 0 aromatic heterocycles. The number of nitrogens with zero attached hydrogens (tertiary/aromatic N) is 2. The van der Waals surface area contributed by atoms with E-state index in [4.69, 9.17) is 11.1 Å². The van der Waals surface area contributed by atoms with E-state index in [1.165, 1.54) is 0 Å². The first kappa shape index (κ1) is 15.2. The molecule has 0 radical (unpaired) electrons. The molecule has 0 spiro atoms. The van der Waals surface area contributed by atoms with Crippen LogP contribution in [0.1, 0.15) is 19.4 Å². The van der Waals surface area contributed by atoms with Crippen molar-refractivity contribution in [3.8, 4) is 0 Å². The molecule has 1 unspecified atom stereocenters. The maximum atomic E-state index is 7.95. The average molecular weight is 292 g/mol. The SMILES string of the molecule is CCSc1cccc(N2CCN(C)CC2C)c1C(=N)N. The number of amidine groups is 1. The van der Waals surface area contributed by atoms with Gasteiger partial charge in [-0.2, -0.15) is 0 Å². The molecule has 1 heterocycles. The third-order valence-corrected chi connectivity index (χ3v) is 4.65. The molecule has 1 aliphatic heterocycles. The highest BCUT2D eigenvalue weighted by molar-refractivity contribution is 7.99. The van der Waals surface area contributed by atoms with Gasteiger partial charge in [0.2, 0.25) is 0 Å². The van der Waals surface area contributed by atoms with E-state index in [1.54, 1.807) is 11.8 Å². The summed E-state index contributed by atoms with van der Waals surface area (Å²) in [5.41, 5.74) is 7.86. The van der Waals surface area contributed by atoms with Gasteiger partial charge in [-0.05, 0) is 31.9 Å². The molecule has 0 amide bonds. The third-order valence-electron chi connectivity index (χ3n) is 3.71. The summed E-state index contributed by atoms with van der Waals surface area (Å²) >= 11 is 1.75. The lowest BCUT2D eigenvalue weighted by atomic mass is 10.1. The zero-order valence-electron chi connectivity index (χ0n) is 12.5. The molecule has 5 heteroatoms. The second kappa shape index (κ2) is 6.50. The van der Waals surface area contributed by atoms with Gasteiger partial charge in [0.05, 0.1) is 5.56 Å². The normalized spacial score (nSPS) is 20.1. The predicted octanol–water partition coefficient (Wildman–Crippen LogP) is 2.22. The topological polar surface area (TPSA) is 56.4 Å². The lowest BCUT2D eigenvalue weighted by Gasteiger charge is -2.40. The molecule has 3 N–H and O–H groups in total. The first-order chi connectivity index (χ1) is 9.54. The number of anilines is 1. The number of piperazine rings is 1. The molecular formula is C15H24N4S. The number of nitrogens with two attached hydrogens (primary N) is 1. The van der Waals surface area contributed by atoms with Crippen molar-refractivity contribution < 1.29 is 0 Å². The van der Waals surface area contributed by atoms with Crippen LogP contribution in [0.4, 0.5) is 5.69 Å². The fraction of sp³-hybridized carbons (Fsp3) is 0.533. The van der Waals surface area contributed by atoms with Crippen molar-refractivity contribution in [3.63, 3.8) is 0 Å². The number of benzene rings is 1. The maximum Gasteiger partial charge on any atom is 0.126 e. The van der Waals surface area contributed by atoms with Gasteiger partial charge >= 0.3 is 0 Å². The molecule has 110 valence electrons. The Hall–Kier alpha value is -1.20. The van der Waals surface area contributed by atoms with Crippen LogP contribution in [0.3, 0.4) is 0 Å². The van der Waals surface area contributed by atoms with Gasteiger partial charge in [-0.15, -0.1) is 11.8 Å². The van der Waals surface area contributed by atoms with E-state index in [-0.39, 0.29) is 5.84 Å². The molecular weight excluding hydrogens is 268 g/mol. The Bertz CT molecular complexity index is 489. The van der Waals surface area contributed by atoms with E-state index < -0.39 is 0 Å². The van der Waals surface area contributed by atoms with Crippen LogP contribution in [0, 0.1) is 5.41 Å². The van der Waals surface area contributed by atoms with Crippen molar-refractivity contribution in [2.24, 2.45) is 5.73 Å². The largest absolute Gasteiger partial charge is 0.384 e. The highest BCUT2D eigenvalue weighted by Crippen LogP contribution is 2.32. The molecule has 0 bridgehead atoms. The fourth-order valence-electron chi connectivity index (χ4n) is 2.80. The molecule has 0 aliphatic carbocycles. The van der Waals surface area contributed by atoms with E-state index in [0.717, 1.165) is 41.5 Å². The highest BCUT2D eigenvalue weighted by atomic mass is 32.2. The van der Waals surface area contributed by atoms with Gasteiger partial charge in [0.1, 0.15) is 5.84 Å². The van der Waals surface area contributed by atoms with Crippen molar-refractivity contribution in [2.75, 3.05) is 37.3 Å². The molecule has 1 aliphatic rings. The van der Waals surface area contributed by atoms with E-state index in [1.807, 2.05) is 0 Å². The van der Waals surface area contributed by atoms with Crippen molar-refractivity contribution >= 4 is 23.3 Å². The number of thioether (sulfide) groups is 1. The third kappa shape index (κ3) is 3.10. The Morgan fingerprint density at radius 2 is 2.20 bits per heavy atom. The summed E-state index contributed by atoms with van der Waals surface area (Å²) in [6, 6.07) is 6.67. The first-order valence-electron chi connectivity index (χ1n) is 7.10. The molecule has 1 atom stereocenters. The van der Waals surface area contributed by atoms with Gasteiger partial charge < -0.3 is 15.5 Å². The zero-order chi connectivity index (χ0) is 14.7. The van der Waals surface area contributed by atoms with Crippen LogP contribution in [-0.2, 0) is 0 Å².